The molecule has 1 aromatic heterocycles. The fourth-order valence-electron chi connectivity index (χ4n) is 2.69. The second-order valence-corrected chi connectivity index (χ2v) is 5.61. The standard InChI is InChI=1S/C20H17N3O3/c21-11-6-12-23(15-7-2-1-3-8-15)19(24)14-26-20(25)17-13-22-18-10-5-4-9-16(17)18/h1-5,7-10,13,22H,6,12,14H2. The Bertz CT molecular complexity index is 957. The number of anilines is 1. The van der Waals surface area contributed by atoms with Gasteiger partial charge in [-0.05, 0) is 18.2 Å². The number of H-pyrrole nitrogens is 1. The number of aromatic nitrogens is 1. The monoisotopic (exact) mass is 347 g/mol. The van der Waals surface area contributed by atoms with Gasteiger partial charge in [-0.15, -0.1) is 0 Å². The van der Waals surface area contributed by atoms with E-state index in [1.165, 1.54) is 4.90 Å². The molecule has 26 heavy (non-hydrogen) atoms. The summed E-state index contributed by atoms with van der Waals surface area (Å²) >= 11 is 0. The number of nitriles is 1. The van der Waals surface area contributed by atoms with E-state index in [1.54, 1.807) is 30.5 Å². The van der Waals surface area contributed by atoms with E-state index >= 15 is 0 Å². The average molecular weight is 347 g/mol. The highest BCUT2D eigenvalue weighted by Gasteiger charge is 2.19. The molecule has 1 N–H and O–H groups in total. The number of nitrogens with one attached hydrogen (secondary N) is 1. The summed E-state index contributed by atoms with van der Waals surface area (Å²) in [5, 5.41) is 9.56. The van der Waals surface area contributed by atoms with E-state index in [1.807, 2.05) is 36.4 Å². The Morgan fingerprint density at radius 2 is 1.81 bits per heavy atom. The minimum atomic E-state index is -0.566. The molecule has 1 amide bonds. The zero-order chi connectivity index (χ0) is 18.4. The third-order valence-corrected chi connectivity index (χ3v) is 3.95. The Morgan fingerprint density at radius 1 is 1.08 bits per heavy atom. The number of hydrogen-bond acceptors (Lipinski definition) is 4. The fraction of sp³-hybridized carbons (Fsp3) is 0.150. The molecule has 0 spiro atoms. The summed E-state index contributed by atoms with van der Waals surface area (Å²) in [4.78, 5) is 29.3. The minimum absolute atomic E-state index is 0.191. The van der Waals surface area contributed by atoms with Gasteiger partial charge >= 0.3 is 5.97 Å². The van der Waals surface area contributed by atoms with Crippen molar-refractivity contribution in [3.63, 3.8) is 0 Å². The molecule has 0 saturated carbocycles. The number of para-hydroxylation sites is 2. The molecule has 0 saturated heterocycles. The summed E-state index contributed by atoms with van der Waals surface area (Å²) in [6.07, 6.45) is 1.76. The van der Waals surface area contributed by atoms with Crippen LogP contribution in [0.2, 0.25) is 0 Å². The molecule has 0 bridgehead atoms. The third kappa shape index (κ3) is 3.73. The maximum Gasteiger partial charge on any atom is 0.340 e. The fourth-order valence-corrected chi connectivity index (χ4v) is 2.69. The molecule has 3 aromatic rings. The molecular weight excluding hydrogens is 330 g/mol. The van der Waals surface area contributed by atoms with Gasteiger partial charge in [0.05, 0.1) is 18.1 Å². The summed E-state index contributed by atoms with van der Waals surface area (Å²) in [5.41, 5.74) is 1.87. The highest BCUT2D eigenvalue weighted by Crippen LogP contribution is 2.19. The van der Waals surface area contributed by atoms with Crippen LogP contribution in [-0.2, 0) is 9.53 Å². The Hall–Kier alpha value is -3.59. The number of aromatic amines is 1. The maximum atomic E-state index is 12.5. The first-order valence-electron chi connectivity index (χ1n) is 8.16. The largest absolute Gasteiger partial charge is 0.452 e. The number of benzene rings is 2. The predicted molar refractivity (Wildman–Crippen MR) is 97.6 cm³/mol. The summed E-state index contributed by atoms with van der Waals surface area (Å²) in [6, 6.07) is 18.4. The van der Waals surface area contributed by atoms with E-state index in [9.17, 15) is 9.59 Å². The van der Waals surface area contributed by atoms with Crippen LogP contribution in [0.15, 0.2) is 60.8 Å². The molecule has 1 heterocycles. The number of nitrogens with zero attached hydrogens (tertiary/aromatic N) is 2. The molecule has 2 aromatic carbocycles. The van der Waals surface area contributed by atoms with E-state index in [0.29, 0.717) is 11.3 Å². The lowest BCUT2D eigenvalue weighted by Crippen LogP contribution is -2.35. The van der Waals surface area contributed by atoms with Crippen LogP contribution in [0, 0.1) is 11.3 Å². The van der Waals surface area contributed by atoms with E-state index in [0.717, 1.165) is 10.9 Å². The summed E-state index contributed by atoms with van der Waals surface area (Å²) in [6.45, 7) is -0.150. The number of fused-ring (bicyclic) bond motifs is 1. The Balaban J connectivity index is 1.69. The van der Waals surface area contributed by atoms with Crippen molar-refractivity contribution >= 4 is 28.5 Å². The van der Waals surface area contributed by atoms with Crippen LogP contribution in [0.3, 0.4) is 0 Å². The Kier molecular flexibility index (Phi) is 5.30. The van der Waals surface area contributed by atoms with Gasteiger partial charge in [-0.1, -0.05) is 36.4 Å². The Morgan fingerprint density at radius 3 is 2.58 bits per heavy atom. The molecule has 0 aliphatic heterocycles. The first kappa shape index (κ1) is 17.2. The van der Waals surface area contributed by atoms with Gasteiger partial charge in [0.1, 0.15) is 0 Å². The van der Waals surface area contributed by atoms with Crippen molar-refractivity contribution < 1.29 is 14.3 Å². The number of amides is 1. The highest BCUT2D eigenvalue weighted by atomic mass is 16.5. The predicted octanol–water partition coefficient (Wildman–Crippen LogP) is 3.27. The lowest BCUT2D eigenvalue weighted by Gasteiger charge is -2.21. The van der Waals surface area contributed by atoms with E-state index in [4.69, 9.17) is 10.00 Å². The smallest absolute Gasteiger partial charge is 0.340 e. The number of esters is 1. The number of carbonyl (C=O) groups is 2. The third-order valence-electron chi connectivity index (χ3n) is 3.95. The number of hydrogen-bond donors (Lipinski definition) is 1. The quantitative estimate of drug-likeness (QED) is 0.693. The second kappa shape index (κ2) is 7.99. The normalized spacial score (nSPS) is 10.3. The van der Waals surface area contributed by atoms with Gasteiger partial charge in [0.15, 0.2) is 6.61 Å². The van der Waals surface area contributed by atoms with E-state index in [2.05, 4.69) is 4.98 Å². The molecule has 0 aliphatic rings. The van der Waals surface area contributed by atoms with Crippen molar-refractivity contribution in [3.8, 4) is 6.07 Å². The van der Waals surface area contributed by atoms with E-state index in [-0.39, 0.29) is 18.9 Å². The number of carbonyl (C=O) groups excluding carboxylic acids is 2. The van der Waals surface area contributed by atoms with E-state index < -0.39 is 12.6 Å². The van der Waals surface area contributed by atoms with Crippen molar-refractivity contribution in [1.29, 1.82) is 5.26 Å². The van der Waals surface area contributed by atoms with Crippen LogP contribution >= 0.6 is 0 Å². The first-order valence-corrected chi connectivity index (χ1v) is 8.16. The van der Waals surface area contributed by atoms with Gasteiger partial charge < -0.3 is 14.6 Å². The van der Waals surface area contributed by atoms with Crippen molar-refractivity contribution in [2.45, 2.75) is 6.42 Å². The molecule has 130 valence electrons. The molecule has 0 atom stereocenters. The lowest BCUT2D eigenvalue weighted by molar-refractivity contribution is -0.121. The van der Waals surface area contributed by atoms with Gasteiger partial charge in [-0.3, -0.25) is 4.79 Å². The van der Waals surface area contributed by atoms with Gasteiger partial charge in [-0.25, -0.2) is 4.79 Å². The van der Waals surface area contributed by atoms with Gasteiger partial charge in [0, 0.05) is 29.3 Å². The van der Waals surface area contributed by atoms with Gasteiger partial charge in [0.2, 0.25) is 0 Å². The zero-order valence-corrected chi connectivity index (χ0v) is 14.0. The van der Waals surface area contributed by atoms with Crippen LogP contribution in [-0.4, -0.2) is 30.0 Å². The van der Waals surface area contributed by atoms with Crippen molar-refractivity contribution in [1.82, 2.24) is 4.98 Å². The molecule has 6 heteroatoms. The SMILES string of the molecule is N#CCCN(C(=O)COC(=O)c1c[nH]c2ccccc12)c1ccccc1. The van der Waals surface area contributed by atoms with Crippen molar-refractivity contribution in [3.05, 3.63) is 66.4 Å². The maximum absolute atomic E-state index is 12.5. The molecule has 3 rings (SSSR count). The summed E-state index contributed by atoms with van der Waals surface area (Å²) < 4.78 is 5.21. The topological polar surface area (TPSA) is 86.2 Å². The van der Waals surface area contributed by atoms with Crippen LogP contribution < -0.4 is 4.90 Å². The molecule has 0 radical (unpaired) electrons. The Labute approximate surface area is 150 Å². The number of ether oxygens (including phenoxy) is 1. The highest BCUT2D eigenvalue weighted by molar-refractivity contribution is 6.05. The zero-order valence-electron chi connectivity index (χ0n) is 14.0. The first-order chi connectivity index (χ1) is 12.7. The van der Waals surface area contributed by atoms with Crippen molar-refractivity contribution in [2.75, 3.05) is 18.1 Å². The molecule has 0 fully saturated rings. The minimum Gasteiger partial charge on any atom is -0.452 e. The molecule has 0 unspecified atom stereocenters. The average Bonchev–Trinajstić information content (AvgIpc) is 3.11. The van der Waals surface area contributed by atoms with Gasteiger partial charge in [-0.2, -0.15) is 5.26 Å². The van der Waals surface area contributed by atoms with Crippen molar-refractivity contribution in [2.24, 2.45) is 0 Å². The lowest BCUT2D eigenvalue weighted by atomic mass is 10.2. The summed E-state index contributed by atoms with van der Waals surface area (Å²) in [7, 11) is 0. The molecule has 0 aliphatic carbocycles. The number of rotatable bonds is 6. The van der Waals surface area contributed by atoms with Crippen LogP contribution in [0.5, 0.6) is 0 Å². The van der Waals surface area contributed by atoms with Crippen LogP contribution in [0.4, 0.5) is 5.69 Å². The molecule has 6 nitrogen and oxygen atoms in total. The molecular formula is C20H17N3O3. The van der Waals surface area contributed by atoms with Crippen LogP contribution in [0.25, 0.3) is 10.9 Å². The summed E-state index contributed by atoms with van der Waals surface area (Å²) in [5.74, 6) is -0.941. The second-order valence-electron chi connectivity index (χ2n) is 5.61. The van der Waals surface area contributed by atoms with Gasteiger partial charge in [0.25, 0.3) is 5.91 Å². The van der Waals surface area contributed by atoms with Crippen LogP contribution in [0.1, 0.15) is 16.8 Å².